The highest BCUT2D eigenvalue weighted by Gasteiger charge is 2.22. The Hall–Kier alpha value is -3.98. The van der Waals surface area contributed by atoms with Crippen LogP contribution in [-0.4, -0.2) is 28.1 Å². The molecular formula is C26H25N3O5S. The van der Waals surface area contributed by atoms with Gasteiger partial charge in [0.1, 0.15) is 11.4 Å². The number of thiophene rings is 1. The van der Waals surface area contributed by atoms with Crippen LogP contribution in [0.5, 0.6) is 0 Å². The molecule has 0 aliphatic carbocycles. The van der Waals surface area contributed by atoms with E-state index in [1.54, 1.807) is 30.3 Å². The zero-order chi connectivity index (χ0) is 25.3. The third-order valence-corrected chi connectivity index (χ3v) is 7.19. The summed E-state index contributed by atoms with van der Waals surface area (Å²) in [4.78, 5) is 53.4. The normalized spacial score (nSPS) is 11.0. The van der Waals surface area contributed by atoms with E-state index in [4.69, 9.17) is 4.74 Å². The minimum absolute atomic E-state index is 0.199. The van der Waals surface area contributed by atoms with Gasteiger partial charge in [-0.15, -0.1) is 11.3 Å². The van der Waals surface area contributed by atoms with Crippen LogP contribution in [0, 0.1) is 13.8 Å². The average Bonchev–Trinajstić information content (AvgIpc) is 3.16. The molecule has 4 aromatic rings. The van der Waals surface area contributed by atoms with Crippen molar-refractivity contribution in [1.29, 1.82) is 0 Å². The molecule has 0 bridgehead atoms. The van der Waals surface area contributed by atoms with Crippen molar-refractivity contribution in [2.45, 2.75) is 33.7 Å². The maximum absolute atomic E-state index is 13.6. The smallest absolute Gasteiger partial charge is 0.339 e. The summed E-state index contributed by atoms with van der Waals surface area (Å²) in [6, 6.07) is 13.7. The Morgan fingerprint density at radius 2 is 1.71 bits per heavy atom. The van der Waals surface area contributed by atoms with Crippen molar-refractivity contribution < 1.29 is 14.3 Å². The Balaban J connectivity index is 1.83. The fourth-order valence-electron chi connectivity index (χ4n) is 3.92. The molecule has 0 aliphatic rings. The third kappa shape index (κ3) is 4.42. The molecule has 1 amide bonds. The molecule has 8 nitrogen and oxygen atoms in total. The quantitative estimate of drug-likeness (QED) is 0.414. The van der Waals surface area contributed by atoms with Crippen molar-refractivity contribution in [3.8, 4) is 5.69 Å². The number of nitrogens with one attached hydrogen (secondary N) is 1. The van der Waals surface area contributed by atoms with Crippen molar-refractivity contribution in [2.24, 2.45) is 0 Å². The third-order valence-electron chi connectivity index (χ3n) is 5.96. The van der Waals surface area contributed by atoms with E-state index in [0.717, 1.165) is 27.0 Å². The van der Waals surface area contributed by atoms with Crippen molar-refractivity contribution in [3.05, 3.63) is 90.9 Å². The molecular weight excluding hydrogens is 466 g/mol. The van der Waals surface area contributed by atoms with Gasteiger partial charge in [-0.1, -0.05) is 31.2 Å². The summed E-state index contributed by atoms with van der Waals surface area (Å²) >= 11 is 1.30. The molecule has 4 rings (SSSR count). The molecule has 0 aliphatic heterocycles. The maximum Gasteiger partial charge on any atom is 0.339 e. The number of para-hydroxylation sites is 1. The summed E-state index contributed by atoms with van der Waals surface area (Å²) in [6.45, 7) is 5.40. The van der Waals surface area contributed by atoms with Gasteiger partial charge in [0.25, 0.3) is 5.56 Å². The number of aromatic nitrogens is 2. The first-order valence-electron chi connectivity index (χ1n) is 11.1. The summed E-state index contributed by atoms with van der Waals surface area (Å²) in [6.07, 6.45) is 0.828. The highest BCUT2D eigenvalue weighted by atomic mass is 32.1. The van der Waals surface area contributed by atoms with Crippen LogP contribution in [0.2, 0.25) is 0 Å². The fourth-order valence-corrected chi connectivity index (χ4v) is 5.06. The van der Waals surface area contributed by atoms with Gasteiger partial charge in [0, 0.05) is 4.88 Å². The number of hydrogen-bond donors (Lipinski definition) is 1. The first kappa shape index (κ1) is 24.2. The first-order chi connectivity index (χ1) is 16.8. The average molecular weight is 492 g/mol. The van der Waals surface area contributed by atoms with Crippen molar-refractivity contribution in [3.63, 3.8) is 0 Å². The predicted octanol–water partition coefficient (Wildman–Crippen LogP) is 3.82. The lowest BCUT2D eigenvalue weighted by Crippen LogP contribution is -2.40. The first-order valence-corrected chi connectivity index (χ1v) is 11.9. The van der Waals surface area contributed by atoms with Crippen LogP contribution in [0.1, 0.15) is 33.3 Å². The summed E-state index contributed by atoms with van der Waals surface area (Å²) in [7, 11) is 1.26. The fraction of sp³-hybridized carbons (Fsp3) is 0.231. The molecule has 2 aromatic carbocycles. The molecule has 0 saturated carbocycles. The summed E-state index contributed by atoms with van der Waals surface area (Å²) in [5, 5.41) is 3.11. The van der Waals surface area contributed by atoms with Crippen molar-refractivity contribution in [2.75, 3.05) is 12.4 Å². The number of anilines is 1. The van der Waals surface area contributed by atoms with Crippen LogP contribution in [-0.2, 0) is 22.5 Å². The molecule has 0 spiro atoms. The summed E-state index contributed by atoms with van der Waals surface area (Å²) < 4.78 is 7.20. The van der Waals surface area contributed by atoms with Gasteiger partial charge in [-0.25, -0.2) is 14.2 Å². The van der Waals surface area contributed by atoms with Crippen LogP contribution in [0.15, 0.2) is 58.1 Å². The van der Waals surface area contributed by atoms with Crippen LogP contribution in [0.4, 0.5) is 5.69 Å². The molecule has 2 heterocycles. The minimum atomic E-state index is -0.607. The number of ether oxygens (including phenoxy) is 1. The molecule has 9 heteroatoms. The highest BCUT2D eigenvalue weighted by molar-refractivity contribution is 7.18. The lowest BCUT2D eigenvalue weighted by Gasteiger charge is -2.14. The van der Waals surface area contributed by atoms with E-state index in [0.29, 0.717) is 15.9 Å². The molecule has 0 fully saturated rings. The number of esters is 1. The van der Waals surface area contributed by atoms with E-state index in [-0.39, 0.29) is 17.8 Å². The SMILES string of the molecule is CCc1ccc(-n2c(=O)c3c(C)c(C)sc3n(CC(=O)Nc3ccccc3C(=O)OC)c2=O)cc1. The summed E-state index contributed by atoms with van der Waals surface area (Å²) in [5.41, 5.74) is 1.74. The Kier molecular flexibility index (Phi) is 6.70. The Labute approximate surface area is 205 Å². The number of nitrogens with zero attached hydrogens (tertiary/aromatic N) is 2. The number of fused-ring (bicyclic) bond motifs is 1. The molecule has 0 saturated heterocycles. The maximum atomic E-state index is 13.6. The molecule has 0 unspecified atom stereocenters. The Bertz CT molecular complexity index is 1560. The Morgan fingerprint density at radius 3 is 2.37 bits per heavy atom. The van der Waals surface area contributed by atoms with E-state index in [2.05, 4.69) is 5.32 Å². The number of methoxy groups -OCH3 is 1. The van der Waals surface area contributed by atoms with Gasteiger partial charge < -0.3 is 10.1 Å². The van der Waals surface area contributed by atoms with Crippen molar-refractivity contribution >= 4 is 39.1 Å². The highest BCUT2D eigenvalue weighted by Crippen LogP contribution is 2.27. The van der Waals surface area contributed by atoms with E-state index in [1.807, 2.05) is 32.9 Å². The number of hydrogen-bond acceptors (Lipinski definition) is 6. The second-order valence-corrected chi connectivity index (χ2v) is 9.28. The molecule has 0 atom stereocenters. The van der Waals surface area contributed by atoms with Crippen LogP contribution in [0.25, 0.3) is 15.9 Å². The monoisotopic (exact) mass is 491 g/mol. The lowest BCUT2D eigenvalue weighted by atomic mass is 10.1. The van der Waals surface area contributed by atoms with Crippen molar-refractivity contribution in [1.82, 2.24) is 9.13 Å². The second-order valence-electron chi connectivity index (χ2n) is 8.08. The number of amides is 1. The topological polar surface area (TPSA) is 99.4 Å². The van der Waals surface area contributed by atoms with Crippen LogP contribution in [0.3, 0.4) is 0 Å². The van der Waals surface area contributed by atoms with Crippen LogP contribution >= 0.6 is 11.3 Å². The number of carbonyl (C=O) groups is 2. The number of benzene rings is 2. The van der Waals surface area contributed by atoms with E-state index in [1.165, 1.54) is 29.1 Å². The predicted molar refractivity (Wildman–Crippen MR) is 137 cm³/mol. The number of carbonyl (C=O) groups excluding carboxylic acids is 2. The van der Waals surface area contributed by atoms with Gasteiger partial charge in [-0.05, 0) is 55.7 Å². The van der Waals surface area contributed by atoms with Gasteiger partial charge in [0.05, 0.1) is 29.4 Å². The molecule has 0 radical (unpaired) electrons. The molecule has 180 valence electrons. The van der Waals surface area contributed by atoms with E-state index in [9.17, 15) is 19.2 Å². The molecule has 1 N–H and O–H groups in total. The van der Waals surface area contributed by atoms with Gasteiger partial charge in [0.2, 0.25) is 5.91 Å². The Morgan fingerprint density at radius 1 is 1.03 bits per heavy atom. The van der Waals surface area contributed by atoms with Gasteiger partial charge in [-0.3, -0.25) is 14.2 Å². The zero-order valence-electron chi connectivity index (χ0n) is 19.9. The van der Waals surface area contributed by atoms with Gasteiger partial charge >= 0.3 is 11.7 Å². The minimum Gasteiger partial charge on any atom is -0.465 e. The van der Waals surface area contributed by atoms with Gasteiger partial charge in [-0.2, -0.15) is 0 Å². The summed E-state index contributed by atoms with van der Waals surface area (Å²) in [5.74, 6) is -1.10. The number of aryl methyl sites for hydroxylation is 3. The van der Waals surface area contributed by atoms with E-state index < -0.39 is 23.1 Å². The number of rotatable bonds is 6. The second kappa shape index (κ2) is 9.71. The standard InChI is InChI=1S/C26H25N3O5S/c1-5-17-10-12-18(13-11-17)29-23(31)22-15(2)16(3)35-24(22)28(26(29)33)14-21(30)27-20-9-7-6-8-19(20)25(32)34-4/h6-13H,5,14H2,1-4H3,(H,27,30). The van der Waals surface area contributed by atoms with Crippen LogP contribution < -0.4 is 16.6 Å². The lowest BCUT2D eigenvalue weighted by molar-refractivity contribution is -0.116. The molecule has 2 aromatic heterocycles. The van der Waals surface area contributed by atoms with E-state index >= 15 is 0 Å². The van der Waals surface area contributed by atoms with Gasteiger partial charge in [0.15, 0.2) is 0 Å². The zero-order valence-corrected chi connectivity index (χ0v) is 20.7. The molecule has 35 heavy (non-hydrogen) atoms. The largest absolute Gasteiger partial charge is 0.465 e.